The number of hydrogen-bond acceptors (Lipinski definition) is 4. The van der Waals surface area contributed by atoms with E-state index in [0.717, 1.165) is 18.8 Å². The Kier molecular flexibility index (Phi) is 4.65. The molecule has 0 aromatic carbocycles. The second-order valence-electron chi connectivity index (χ2n) is 5.24. The van der Waals surface area contributed by atoms with Crippen molar-refractivity contribution in [3.05, 3.63) is 0 Å². The average molecular weight is 243 g/mol. The van der Waals surface area contributed by atoms with Gasteiger partial charge in [0.15, 0.2) is 5.71 Å². The van der Waals surface area contributed by atoms with Crippen molar-refractivity contribution >= 4 is 11.8 Å². The SMILES string of the molecule is C/C(C1CNCCO1)=[N+](/C)C(=O)OC(C)(C)C. The van der Waals surface area contributed by atoms with Crippen molar-refractivity contribution in [1.29, 1.82) is 0 Å². The molecule has 1 rings (SSSR count). The fourth-order valence-corrected chi connectivity index (χ4v) is 1.52. The lowest BCUT2D eigenvalue weighted by Crippen LogP contribution is -2.46. The minimum Gasteiger partial charge on any atom is -0.406 e. The zero-order valence-corrected chi connectivity index (χ0v) is 11.4. The van der Waals surface area contributed by atoms with Gasteiger partial charge in [0.1, 0.15) is 18.8 Å². The van der Waals surface area contributed by atoms with E-state index in [1.807, 2.05) is 27.7 Å². The molecular weight excluding hydrogens is 220 g/mol. The Bertz CT molecular complexity index is 312. The minimum atomic E-state index is -0.475. The highest BCUT2D eigenvalue weighted by atomic mass is 16.6. The molecule has 0 bridgehead atoms. The summed E-state index contributed by atoms with van der Waals surface area (Å²) in [6.07, 6.45) is -0.398. The van der Waals surface area contributed by atoms with Crippen molar-refractivity contribution in [3.8, 4) is 0 Å². The molecule has 0 spiro atoms. The van der Waals surface area contributed by atoms with Gasteiger partial charge in [0.05, 0.1) is 6.61 Å². The van der Waals surface area contributed by atoms with Gasteiger partial charge in [0, 0.05) is 20.0 Å². The van der Waals surface area contributed by atoms with Crippen molar-refractivity contribution in [1.82, 2.24) is 5.32 Å². The Morgan fingerprint density at radius 1 is 1.47 bits per heavy atom. The maximum atomic E-state index is 11.8. The molecule has 1 atom stereocenters. The smallest absolute Gasteiger partial charge is 0.406 e. The lowest BCUT2D eigenvalue weighted by molar-refractivity contribution is -0.423. The first kappa shape index (κ1) is 14.1. The molecule has 1 saturated heterocycles. The van der Waals surface area contributed by atoms with Gasteiger partial charge in [0.25, 0.3) is 0 Å². The van der Waals surface area contributed by atoms with Crippen LogP contribution in [-0.2, 0) is 9.47 Å². The molecule has 1 N–H and O–H groups in total. The molecule has 0 aromatic rings. The summed E-state index contributed by atoms with van der Waals surface area (Å²) in [4.78, 5) is 11.8. The van der Waals surface area contributed by atoms with Gasteiger partial charge >= 0.3 is 6.09 Å². The van der Waals surface area contributed by atoms with Crippen molar-refractivity contribution < 1.29 is 18.8 Å². The summed E-state index contributed by atoms with van der Waals surface area (Å²) in [6.45, 7) is 9.72. The van der Waals surface area contributed by atoms with Crippen LogP contribution < -0.4 is 5.32 Å². The van der Waals surface area contributed by atoms with Crippen LogP contribution in [0, 0.1) is 0 Å². The van der Waals surface area contributed by atoms with Crippen molar-refractivity contribution in [2.45, 2.75) is 39.4 Å². The Balaban J connectivity index is 2.70. The molecule has 1 aliphatic rings. The Labute approximate surface area is 103 Å². The van der Waals surface area contributed by atoms with E-state index in [1.54, 1.807) is 7.05 Å². The van der Waals surface area contributed by atoms with Crippen LogP contribution in [0.4, 0.5) is 4.79 Å². The summed E-state index contributed by atoms with van der Waals surface area (Å²) in [5.74, 6) is 0. The molecule has 17 heavy (non-hydrogen) atoms. The number of nitrogens with one attached hydrogen (secondary N) is 1. The highest BCUT2D eigenvalue weighted by Gasteiger charge is 2.30. The number of carbonyl (C=O) groups is 1. The van der Waals surface area contributed by atoms with Gasteiger partial charge in [0.2, 0.25) is 0 Å². The Morgan fingerprint density at radius 2 is 2.12 bits per heavy atom. The van der Waals surface area contributed by atoms with E-state index in [2.05, 4.69) is 5.32 Å². The summed E-state index contributed by atoms with van der Waals surface area (Å²) in [7, 11) is 1.71. The average Bonchev–Trinajstić information content (AvgIpc) is 2.26. The summed E-state index contributed by atoms with van der Waals surface area (Å²) in [5.41, 5.74) is 0.392. The first-order valence-corrected chi connectivity index (χ1v) is 5.94. The third-order valence-corrected chi connectivity index (χ3v) is 2.59. The Morgan fingerprint density at radius 3 is 2.59 bits per heavy atom. The van der Waals surface area contributed by atoms with E-state index in [4.69, 9.17) is 9.47 Å². The maximum Gasteiger partial charge on any atom is 0.596 e. The van der Waals surface area contributed by atoms with Crippen LogP contribution in [0.3, 0.4) is 0 Å². The molecule has 0 aromatic heterocycles. The molecule has 1 aliphatic heterocycles. The first-order chi connectivity index (χ1) is 7.81. The zero-order valence-electron chi connectivity index (χ0n) is 11.4. The van der Waals surface area contributed by atoms with Gasteiger partial charge < -0.3 is 14.8 Å². The normalized spacial score (nSPS) is 23.0. The highest BCUT2D eigenvalue weighted by Crippen LogP contribution is 2.08. The van der Waals surface area contributed by atoms with Gasteiger partial charge in [-0.2, -0.15) is 4.79 Å². The number of morpholine rings is 1. The minimum absolute atomic E-state index is 0.0544. The van der Waals surface area contributed by atoms with Crippen LogP contribution in [0.2, 0.25) is 0 Å². The largest absolute Gasteiger partial charge is 0.596 e. The molecule has 1 fully saturated rings. The second-order valence-corrected chi connectivity index (χ2v) is 5.24. The number of carbonyl (C=O) groups excluding carboxylic acids is 1. The van der Waals surface area contributed by atoms with Crippen molar-refractivity contribution in [2.75, 3.05) is 26.7 Å². The van der Waals surface area contributed by atoms with Crippen LogP contribution in [0.5, 0.6) is 0 Å². The molecule has 1 heterocycles. The van der Waals surface area contributed by atoms with Crippen LogP contribution in [0.15, 0.2) is 0 Å². The quantitative estimate of drug-likeness (QED) is 0.551. The maximum absolute atomic E-state index is 11.8. The van der Waals surface area contributed by atoms with Crippen LogP contribution >= 0.6 is 0 Å². The number of hydrogen-bond donors (Lipinski definition) is 1. The predicted molar refractivity (Wildman–Crippen MR) is 65.7 cm³/mol. The summed E-state index contributed by atoms with van der Waals surface area (Å²) in [6, 6.07) is 0. The third-order valence-electron chi connectivity index (χ3n) is 2.59. The van der Waals surface area contributed by atoms with Crippen LogP contribution in [0.25, 0.3) is 0 Å². The van der Waals surface area contributed by atoms with Crippen molar-refractivity contribution in [2.24, 2.45) is 0 Å². The van der Waals surface area contributed by atoms with Gasteiger partial charge in [-0.15, -0.1) is 4.58 Å². The fourth-order valence-electron chi connectivity index (χ4n) is 1.52. The molecule has 5 nitrogen and oxygen atoms in total. The van der Waals surface area contributed by atoms with E-state index in [0.29, 0.717) is 6.61 Å². The second kappa shape index (κ2) is 5.60. The van der Waals surface area contributed by atoms with E-state index in [9.17, 15) is 4.79 Å². The Hall–Kier alpha value is -0.940. The molecule has 5 heteroatoms. The number of ether oxygens (including phenoxy) is 2. The van der Waals surface area contributed by atoms with E-state index < -0.39 is 5.60 Å². The summed E-state index contributed by atoms with van der Waals surface area (Å²) < 4.78 is 12.4. The van der Waals surface area contributed by atoms with Gasteiger partial charge in [-0.25, -0.2) is 0 Å². The monoisotopic (exact) mass is 243 g/mol. The van der Waals surface area contributed by atoms with Gasteiger partial charge in [-0.1, -0.05) is 0 Å². The predicted octanol–water partition coefficient (Wildman–Crippen LogP) is 1.01. The topological polar surface area (TPSA) is 50.6 Å². The van der Waals surface area contributed by atoms with Crippen LogP contribution in [0.1, 0.15) is 27.7 Å². The van der Waals surface area contributed by atoms with Crippen LogP contribution in [-0.4, -0.2) is 54.8 Å². The van der Waals surface area contributed by atoms with Gasteiger partial charge in [-0.3, -0.25) is 0 Å². The number of nitrogens with zero attached hydrogens (tertiary/aromatic N) is 1. The van der Waals surface area contributed by atoms with E-state index in [-0.39, 0.29) is 12.2 Å². The highest BCUT2D eigenvalue weighted by molar-refractivity contribution is 5.85. The summed E-state index contributed by atoms with van der Waals surface area (Å²) >= 11 is 0. The lowest BCUT2D eigenvalue weighted by Gasteiger charge is -2.22. The number of rotatable bonds is 1. The number of amides is 1. The first-order valence-electron chi connectivity index (χ1n) is 5.94. The van der Waals surface area contributed by atoms with Gasteiger partial charge in [-0.05, 0) is 20.8 Å². The van der Waals surface area contributed by atoms with E-state index in [1.165, 1.54) is 4.58 Å². The molecule has 98 valence electrons. The van der Waals surface area contributed by atoms with Crippen molar-refractivity contribution in [3.63, 3.8) is 0 Å². The standard InChI is InChI=1S/C12H23N2O3/c1-9(10-8-13-6-7-16-10)14(5)11(15)17-12(2,3)4/h10,13H,6-8H2,1-5H3/q+1/b14-9+. The molecule has 0 radical (unpaired) electrons. The molecule has 1 unspecified atom stereocenters. The third kappa shape index (κ3) is 4.44. The molecule has 0 aliphatic carbocycles. The zero-order chi connectivity index (χ0) is 13.1. The molecular formula is C12H23N2O3+. The lowest BCUT2D eigenvalue weighted by atomic mass is 10.2. The summed E-state index contributed by atoms with van der Waals surface area (Å²) in [5, 5.41) is 3.23. The van der Waals surface area contributed by atoms with E-state index >= 15 is 0 Å². The molecule has 1 amide bonds. The fraction of sp³-hybridized carbons (Fsp3) is 0.833. The molecule has 0 saturated carbocycles.